The number of ether oxygens (including phenoxy) is 4. The zero-order valence-corrected chi connectivity index (χ0v) is 13.6. The van der Waals surface area contributed by atoms with Gasteiger partial charge in [-0.1, -0.05) is 30.3 Å². The number of esters is 1. The number of benzene rings is 1. The van der Waals surface area contributed by atoms with Crippen LogP contribution in [0.1, 0.15) is 19.4 Å². The van der Waals surface area contributed by atoms with E-state index in [0.717, 1.165) is 5.56 Å². The fourth-order valence-corrected chi connectivity index (χ4v) is 2.83. The molecule has 0 unspecified atom stereocenters. The first kappa shape index (κ1) is 16.9. The average Bonchev–Trinajstić information content (AvgIpc) is 3.34. The van der Waals surface area contributed by atoms with Crippen molar-refractivity contribution in [3.05, 3.63) is 35.9 Å². The molecule has 1 amide bonds. The van der Waals surface area contributed by atoms with Crippen molar-refractivity contribution in [3.63, 3.8) is 0 Å². The molecule has 5 atom stereocenters. The van der Waals surface area contributed by atoms with Crippen molar-refractivity contribution in [3.8, 4) is 0 Å². The second-order valence-electron chi connectivity index (χ2n) is 5.93. The maximum atomic E-state index is 11.4. The van der Waals surface area contributed by atoms with E-state index >= 15 is 0 Å². The standard InChI is InChI=1S/C17H21NO6/c1-10(19)18-14-16-15(24-16)13(9-21-11(2)20)23-17(14)22-8-12-6-4-3-5-7-12/h3-7,13-17H,8-9H2,1-2H3,(H,18,19)/t13-,14+,15-,16-,17-/m1/s1. The number of carbonyl (C=O) groups excluding carboxylic acids is 2. The third-order valence-corrected chi connectivity index (χ3v) is 3.96. The Labute approximate surface area is 140 Å². The first-order chi connectivity index (χ1) is 11.5. The number of epoxide rings is 1. The molecule has 1 aromatic rings. The summed E-state index contributed by atoms with van der Waals surface area (Å²) >= 11 is 0. The molecule has 2 aliphatic heterocycles. The highest BCUT2D eigenvalue weighted by atomic mass is 16.7. The van der Waals surface area contributed by atoms with Gasteiger partial charge in [-0.3, -0.25) is 9.59 Å². The molecule has 24 heavy (non-hydrogen) atoms. The zero-order chi connectivity index (χ0) is 17.1. The Morgan fingerprint density at radius 2 is 1.88 bits per heavy atom. The van der Waals surface area contributed by atoms with E-state index in [4.69, 9.17) is 18.9 Å². The minimum absolute atomic E-state index is 0.106. The molecule has 2 fully saturated rings. The number of rotatable bonds is 6. The number of hydrogen-bond acceptors (Lipinski definition) is 6. The maximum absolute atomic E-state index is 11.4. The summed E-state index contributed by atoms with van der Waals surface area (Å²) in [6.45, 7) is 3.24. The molecule has 1 aromatic carbocycles. The third-order valence-electron chi connectivity index (χ3n) is 3.96. The van der Waals surface area contributed by atoms with Crippen LogP contribution in [-0.2, 0) is 35.1 Å². The summed E-state index contributed by atoms with van der Waals surface area (Å²) in [5, 5.41) is 2.82. The second kappa shape index (κ2) is 7.29. The maximum Gasteiger partial charge on any atom is 0.302 e. The smallest absolute Gasteiger partial charge is 0.302 e. The molecule has 0 saturated carbocycles. The highest BCUT2D eigenvalue weighted by Gasteiger charge is 2.58. The molecule has 1 N–H and O–H groups in total. The largest absolute Gasteiger partial charge is 0.463 e. The van der Waals surface area contributed by atoms with Crippen LogP contribution in [-0.4, -0.2) is 49.1 Å². The predicted octanol–water partition coefficient (Wildman–Crippen LogP) is 0.763. The van der Waals surface area contributed by atoms with Gasteiger partial charge < -0.3 is 24.3 Å². The minimum atomic E-state index is -0.668. The summed E-state index contributed by atoms with van der Waals surface area (Å²) in [6, 6.07) is 9.29. The second-order valence-corrected chi connectivity index (χ2v) is 5.93. The van der Waals surface area contributed by atoms with E-state index < -0.39 is 12.4 Å². The van der Waals surface area contributed by atoms with E-state index in [1.807, 2.05) is 30.3 Å². The van der Waals surface area contributed by atoms with Gasteiger partial charge in [0.15, 0.2) is 6.29 Å². The van der Waals surface area contributed by atoms with Gasteiger partial charge in [-0.05, 0) is 5.56 Å². The van der Waals surface area contributed by atoms with Crippen molar-refractivity contribution in [1.29, 1.82) is 0 Å². The van der Waals surface area contributed by atoms with Gasteiger partial charge >= 0.3 is 5.97 Å². The molecule has 0 aromatic heterocycles. The van der Waals surface area contributed by atoms with Gasteiger partial charge in [-0.2, -0.15) is 0 Å². The first-order valence-corrected chi connectivity index (χ1v) is 7.91. The quantitative estimate of drug-likeness (QED) is 0.610. The van der Waals surface area contributed by atoms with Crippen molar-refractivity contribution >= 4 is 11.9 Å². The lowest BCUT2D eigenvalue weighted by Crippen LogP contribution is -2.55. The van der Waals surface area contributed by atoms with Crippen LogP contribution in [0.5, 0.6) is 0 Å². The topological polar surface area (TPSA) is 86.4 Å². The Morgan fingerprint density at radius 1 is 1.12 bits per heavy atom. The summed E-state index contributed by atoms with van der Waals surface area (Å²) in [4.78, 5) is 22.4. The molecule has 7 nitrogen and oxygen atoms in total. The molecule has 3 rings (SSSR count). The Morgan fingerprint density at radius 3 is 2.54 bits per heavy atom. The Bertz CT molecular complexity index is 592. The molecule has 130 valence electrons. The molecule has 0 spiro atoms. The fourth-order valence-electron chi connectivity index (χ4n) is 2.83. The lowest BCUT2D eigenvalue weighted by Gasteiger charge is -2.33. The van der Waals surface area contributed by atoms with Crippen LogP contribution >= 0.6 is 0 Å². The molecular formula is C17H21NO6. The molecule has 7 heteroatoms. The van der Waals surface area contributed by atoms with Crippen LogP contribution in [0.2, 0.25) is 0 Å². The van der Waals surface area contributed by atoms with E-state index in [9.17, 15) is 9.59 Å². The Hall–Kier alpha value is -1.96. The fraction of sp³-hybridized carbons (Fsp3) is 0.529. The number of carbonyl (C=O) groups is 2. The van der Waals surface area contributed by atoms with Gasteiger partial charge in [0, 0.05) is 13.8 Å². The van der Waals surface area contributed by atoms with E-state index in [1.165, 1.54) is 13.8 Å². The lowest BCUT2D eigenvalue weighted by atomic mass is 10.0. The molecule has 0 radical (unpaired) electrons. The average molecular weight is 335 g/mol. The van der Waals surface area contributed by atoms with Gasteiger partial charge in [-0.15, -0.1) is 0 Å². The monoisotopic (exact) mass is 335 g/mol. The number of hydrogen-bond donors (Lipinski definition) is 1. The zero-order valence-electron chi connectivity index (χ0n) is 13.6. The van der Waals surface area contributed by atoms with E-state index in [0.29, 0.717) is 6.61 Å². The third kappa shape index (κ3) is 4.11. The molecule has 0 bridgehead atoms. The summed E-state index contributed by atoms with van der Waals surface area (Å²) in [5.41, 5.74) is 0.998. The molecule has 0 aliphatic carbocycles. The van der Waals surface area contributed by atoms with Crippen molar-refractivity contribution in [2.24, 2.45) is 0 Å². The van der Waals surface area contributed by atoms with Gasteiger partial charge in [0.05, 0.1) is 6.61 Å². The summed E-state index contributed by atoms with van der Waals surface area (Å²) in [6.07, 6.45) is -1.45. The van der Waals surface area contributed by atoms with Crippen LogP contribution < -0.4 is 5.32 Å². The van der Waals surface area contributed by atoms with Gasteiger partial charge in [0.25, 0.3) is 0 Å². The Balaban J connectivity index is 1.64. The van der Waals surface area contributed by atoms with Crippen LogP contribution in [0.25, 0.3) is 0 Å². The van der Waals surface area contributed by atoms with Crippen LogP contribution in [0.4, 0.5) is 0 Å². The van der Waals surface area contributed by atoms with E-state index in [1.54, 1.807) is 0 Å². The lowest BCUT2D eigenvalue weighted by molar-refractivity contribution is -0.214. The number of nitrogens with one attached hydrogen (secondary N) is 1. The van der Waals surface area contributed by atoms with Gasteiger partial charge in [0.1, 0.15) is 31.0 Å². The van der Waals surface area contributed by atoms with Crippen molar-refractivity contribution in [2.45, 2.75) is 51.1 Å². The van der Waals surface area contributed by atoms with Crippen LogP contribution in [0.3, 0.4) is 0 Å². The van der Waals surface area contributed by atoms with Crippen LogP contribution in [0, 0.1) is 0 Å². The Kier molecular flexibility index (Phi) is 5.13. The van der Waals surface area contributed by atoms with Crippen molar-refractivity contribution in [2.75, 3.05) is 6.61 Å². The highest BCUT2D eigenvalue weighted by Crippen LogP contribution is 2.38. The summed E-state index contributed by atoms with van der Waals surface area (Å²) in [7, 11) is 0. The van der Waals surface area contributed by atoms with Crippen molar-refractivity contribution in [1.82, 2.24) is 5.32 Å². The van der Waals surface area contributed by atoms with E-state index in [-0.39, 0.29) is 36.7 Å². The summed E-state index contributed by atoms with van der Waals surface area (Å²) < 4.78 is 22.4. The van der Waals surface area contributed by atoms with E-state index in [2.05, 4.69) is 5.32 Å². The molecule has 2 heterocycles. The predicted molar refractivity (Wildman–Crippen MR) is 82.8 cm³/mol. The molecule has 2 saturated heterocycles. The minimum Gasteiger partial charge on any atom is -0.463 e. The van der Waals surface area contributed by atoms with Crippen LogP contribution in [0.15, 0.2) is 30.3 Å². The molecule has 2 aliphatic rings. The number of amides is 1. The first-order valence-electron chi connectivity index (χ1n) is 7.91. The molecular weight excluding hydrogens is 314 g/mol. The van der Waals surface area contributed by atoms with Gasteiger partial charge in [-0.25, -0.2) is 0 Å². The SMILES string of the molecule is CC(=O)N[C@@H]1[C@H](OCc2ccccc2)O[C@H](COC(C)=O)[C@H]2O[C@H]12. The highest BCUT2D eigenvalue weighted by molar-refractivity contribution is 5.73. The number of fused-ring (bicyclic) bond motifs is 1. The van der Waals surface area contributed by atoms with Crippen molar-refractivity contribution < 1.29 is 28.5 Å². The summed E-state index contributed by atoms with van der Waals surface area (Å²) in [5.74, 6) is -0.550. The van der Waals surface area contributed by atoms with Gasteiger partial charge in [0.2, 0.25) is 5.91 Å². The normalized spacial score (nSPS) is 31.0.